The normalized spacial score (nSPS) is 27.0. The van der Waals surface area contributed by atoms with E-state index in [2.05, 4.69) is 27.2 Å². The summed E-state index contributed by atoms with van der Waals surface area (Å²) in [7, 11) is 0. The minimum absolute atomic E-state index is 0.212. The third-order valence-corrected chi connectivity index (χ3v) is 4.09. The fraction of sp³-hybridized carbons (Fsp3) is 0.643. The van der Waals surface area contributed by atoms with Crippen LogP contribution in [0.2, 0.25) is 0 Å². The molecule has 3 rings (SSSR count). The van der Waals surface area contributed by atoms with E-state index in [-0.39, 0.29) is 5.82 Å². The molecule has 6 N–H and O–H groups in total. The summed E-state index contributed by atoms with van der Waals surface area (Å²) < 4.78 is 7.15. The number of nitrogen functional groups attached to an aromatic ring is 1. The highest BCUT2D eigenvalue weighted by atomic mass is 16.6. The van der Waals surface area contributed by atoms with Gasteiger partial charge in [-0.1, -0.05) is 13.3 Å². The van der Waals surface area contributed by atoms with Crippen LogP contribution in [0.3, 0.4) is 0 Å². The molecule has 3 heterocycles. The third-order valence-electron chi connectivity index (χ3n) is 4.09. The molecule has 132 valence electrons. The van der Waals surface area contributed by atoms with Crippen molar-refractivity contribution in [3.8, 4) is 0 Å². The van der Waals surface area contributed by atoms with E-state index in [1.54, 1.807) is 4.57 Å². The summed E-state index contributed by atoms with van der Waals surface area (Å²) in [6.07, 6.45) is -1.04. The van der Waals surface area contributed by atoms with Crippen molar-refractivity contribution in [2.24, 2.45) is 0 Å². The molecule has 24 heavy (non-hydrogen) atoms. The van der Waals surface area contributed by atoms with Gasteiger partial charge in [-0.25, -0.2) is 15.0 Å². The lowest BCUT2D eigenvalue weighted by atomic mass is 10.1. The summed E-state index contributed by atoms with van der Waals surface area (Å²) >= 11 is 0. The van der Waals surface area contributed by atoms with Gasteiger partial charge in [0.25, 0.3) is 0 Å². The van der Waals surface area contributed by atoms with Crippen LogP contribution in [-0.4, -0.2) is 66.3 Å². The summed E-state index contributed by atoms with van der Waals surface area (Å²) in [6, 6.07) is 0. The second-order valence-corrected chi connectivity index (χ2v) is 5.75. The molecule has 10 heteroatoms. The predicted molar refractivity (Wildman–Crippen MR) is 86.1 cm³/mol. The van der Waals surface area contributed by atoms with Crippen molar-refractivity contribution in [2.75, 3.05) is 24.2 Å². The average molecular weight is 338 g/mol. The highest BCUT2D eigenvalue weighted by Crippen LogP contribution is 2.34. The topological polar surface area (TPSA) is 152 Å². The molecular formula is C14H22N6O4. The lowest BCUT2D eigenvalue weighted by molar-refractivity contribution is -0.0501. The van der Waals surface area contributed by atoms with Crippen molar-refractivity contribution in [2.45, 2.75) is 44.3 Å². The monoisotopic (exact) mass is 338 g/mol. The number of hydrogen-bond acceptors (Lipinski definition) is 9. The van der Waals surface area contributed by atoms with Crippen molar-refractivity contribution in [3.05, 3.63) is 6.33 Å². The Labute approximate surface area is 138 Å². The Morgan fingerprint density at radius 2 is 2.12 bits per heavy atom. The summed E-state index contributed by atoms with van der Waals surface area (Å²) in [5.74, 6) is 0.629. The lowest BCUT2D eigenvalue weighted by Gasteiger charge is -2.19. The largest absolute Gasteiger partial charge is 0.394 e. The van der Waals surface area contributed by atoms with Crippen LogP contribution in [0.4, 0.5) is 11.8 Å². The molecule has 1 saturated heterocycles. The quantitative estimate of drug-likeness (QED) is 0.428. The van der Waals surface area contributed by atoms with Gasteiger partial charge in [0.05, 0.1) is 6.61 Å². The number of unbranched alkanes of at least 4 members (excludes halogenated alkanes) is 1. The number of aliphatic hydroxyl groups is 3. The molecule has 0 aliphatic carbocycles. The molecule has 10 nitrogen and oxygen atoms in total. The minimum Gasteiger partial charge on any atom is -0.394 e. The molecule has 0 unspecified atom stereocenters. The van der Waals surface area contributed by atoms with Crippen LogP contribution in [0.5, 0.6) is 0 Å². The maximum absolute atomic E-state index is 10.3. The van der Waals surface area contributed by atoms with Gasteiger partial charge in [0.1, 0.15) is 24.6 Å². The molecule has 1 aliphatic heterocycles. The first-order chi connectivity index (χ1) is 11.6. The Morgan fingerprint density at radius 1 is 1.33 bits per heavy atom. The van der Waals surface area contributed by atoms with Crippen LogP contribution >= 0.6 is 0 Å². The molecule has 0 radical (unpaired) electrons. The first-order valence-electron chi connectivity index (χ1n) is 7.93. The Balaban J connectivity index is 2.04. The van der Waals surface area contributed by atoms with Gasteiger partial charge in [0.2, 0.25) is 5.95 Å². The number of nitrogens with two attached hydrogens (primary N) is 1. The minimum atomic E-state index is -1.23. The molecule has 1 fully saturated rings. The molecule has 2 aromatic rings. The third kappa shape index (κ3) is 2.77. The van der Waals surface area contributed by atoms with E-state index in [0.717, 1.165) is 12.8 Å². The molecule has 0 bridgehead atoms. The number of nitrogens with one attached hydrogen (secondary N) is 1. The number of ether oxygens (including phenoxy) is 1. The summed E-state index contributed by atoms with van der Waals surface area (Å²) in [6.45, 7) is 2.33. The van der Waals surface area contributed by atoms with Gasteiger partial charge >= 0.3 is 0 Å². The van der Waals surface area contributed by atoms with Crippen LogP contribution < -0.4 is 11.1 Å². The van der Waals surface area contributed by atoms with Crippen molar-refractivity contribution < 1.29 is 20.1 Å². The van der Waals surface area contributed by atoms with Gasteiger partial charge in [-0.2, -0.15) is 0 Å². The molecule has 4 atom stereocenters. The van der Waals surface area contributed by atoms with Crippen molar-refractivity contribution >= 4 is 22.9 Å². The van der Waals surface area contributed by atoms with E-state index in [9.17, 15) is 15.3 Å². The lowest BCUT2D eigenvalue weighted by Crippen LogP contribution is -2.33. The van der Waals surface area contributed by atoms with Gasteiger partial charge in [-0.15, -0.1) is 0 Å². The zero-order valence-electron chi connectivity index (χ0n) is 13.3. The Morgan fingerprint density at radius 3 is 2.79 bits per heavy atom. The van der Waals surface area contributed by atoms with Gasteiger partial charge < -0.3 is 31.1 Å². The SMILES string of the molecule is CCCCNc1nc2c(N)ncnc2n1[C@H]1O[C@@H](CO)[C@@H](O)[C@H]1O. The maximum atomic E-state index is 10.3. The average Bonchev–Trinajstić information content (AvgIpc) is 3.07. The molecular weight excluding hydrogens is 316 g/mol. The number of aliphatic hydroxyl groups excluding tert-OH is 3. The number of hydrogen-bond donors (Lipinski definition) is 5. The summed E-state index contributed by atoms with van der Waals surface area (Å²) in [4.78, 5) is 12.5. The highest BCUT2D eigenvalue weighted by molar-refractivity contribution is 5.84. The fourth-order valence-corrected chi connectivity index (χ4v) is 2.76. The zero-order chi connectivity index (χ0) is 17.3. The first-order valence-corrected chi connectivity index (χ1v) is 7.93. The molecule has 2 aromatic heterocycles. The Bertz CT molecular complexity index is 708. The van der Waals surface area contributed by atoms with Crippen molar-refractivity contribution in [1.29, 1.82) is 0 Å². The second-order valence-electron chi connectivity index (χ2n) is 5.75. The highest BCUT2D eigenvalue weighted by Gasteiger charge is 2.45. The van der Waals surface area contributed by atoms with Crippen LogP contribution in [0.1, 0.15) is 26.0 Å². The number of aromatic nitrogens is 4. The molecule has 0 aromatic carbocycles. The smallest absolute Gasteiger partial charge is 0.207 e. The van der Waals surface area contributed by atoms with E-state index in [1.807, 2.05) is 0 Å². The molecule has 0 saturated carbocycles. The van der Waals surface area contributed by atoms with Crippen LogP contribution in [-0.2, 0) is 4.74 Å². The van der Waals surface area contributed by atoms with E-state index in [4.69, 9.17) is 10.5 Å². The number of anilines is 2. The number of imidazole rings is 1. The molecule has 0 amide bonds. The summed E-state index contributed by atoms with van der Waals surface area (Å²) in [5.41, 5.74) is 6.63. The van der Waals surface area contributed by atoms with Gasteiger partial charge in [-0.05, 0) is 6.42 Å². The van der Waals surface area contributed by atoms with Crippen LogP contribution in [0.15, 0.2) is 6.33 Å². The zero-order valence-corrected chi connectivity index (χ0v) is 13.3. The standard InChI is InChI=1S/C14H22N6O4/c1-2-3-4-16-14-19-8-11(15)17-6-18-12(8)20(14)13-10(23)9(22)7(5-21)24-13/h6-7,9-10,13,21-23H,2-5H2,1H3,(H,16,19)(H2,15,17,18)/t7-,9+,10+,13-/m0/s1. The Hall–Kier alpha value is -2.01. The van der Waals surface area contributed by atoms with Gasteiger partial charge in [0, 0.05) is 6.54 Å². The Kier molecular flexibility index (Phi) is 4.81. The van der Waals surface area contributed by atoms with E-state index >= 15 is 0 Å². The van der Waals surface area contributed by atoms with Crippen molar-refractivity contribution in [3.63, 3.8) is 0 Å². The van der Waals surface area contributed by atoms with Crippen LogP contribution in [0.25, 0.3) is 11.2 Å². The number of fused-ring (bicyclic) bond motifs is 1. The van der Waals surface area contributed by atoms with Gasteiger partial charge in [0.15, 0.2) is 23.2 Å². The predicted octanol–water partition coefficient (Wildman–Crippen LogP) is -0.768. The van der Waals surface area contributed by atoms with E-state index in [1.165, 1.54) is 6.33 Å². The first kappa shape index (κ1) is 16.8. The fourth-order valence-electron chi connectivity index (χ4n) is 2.76. The van der Waals surface area contributed by atoms with Crippen molar-refractivity contribution in [1.82, 2.24) is 19.5 Å². The van der Waals surface area contributed by atoms with E-state index in [0.29, 0.717) is 23.7 Å². The number of nitrogens with zero attached hydrogens (tertiary/aromatic N) is 4. The van der Waals surface area contributed by atoms with Gasteiger partial charge in [-0.3, -0.25) is 4.57 Å². The molecule has 0 spiro atoms. The maximum Gasteiger partial charge on any atom is 0.207 e. The number of rotatable bonds is 6. The molecule has 1 aliphatic rings. The van der Waals surface area contributed by atoms with E-state index < -0.39 is 31.1 Å². The van der Waals surface area contributed by atoms with Crippen LogP contribution in [0, 0.1) is 0 Å². The second kappa shape index (κ2) is 6.85. The summed E-state index contributed by atoms with van der Waals surface area (Å²) in [5, 5.41) is 32.8.